The van der Waals surface area contributed by atoms with Crippen molar-refractivity contribution in [2.24, 2.45) is 0 Å². The molecule has 4 nitrogen and oxygen atoms in total. The van der Waals surface area contributed by atoms with Gasteiger partial charge in [-0.2, -0.15) is 0 Å². The molecule has 4 heteroatoms. The maximum absolute atomic E-state index is 10.3. The second kappa shape index (κ2) is 6.94. The summed E-state index contributed by atoms with van der Waals surface area (Å²) < 4.78 is 2.10. The number of hydrogen-bond donors (Lipinski definition) is 2. The van der Waals surface area contributed by atoms with Crippen molar-refractivity contribution in [2.75, 3.05) is 0 Å². The minimum absolute atomic E-state index is 0.209. The molecule has 1 aromatic carbocycles. The Morgan fingerprint density at radius 2 is 2.00 bits per heavy atom. The first kappa shape index (κ1) is 15.7. The van der Waals surface area contributed by atoms with Gasteiger partial charge in [0, 0.05) is 18.8 Å². The second-order valence-electron chi connectivity index (χ2n) is 6.13. The Bertz CT molecular complexity index is 767. The summed E-state index contributed by atoms with van der Waals surface area (Å²) in [7, 11) is 0. The van der Waals surface area contributed by atoms with E-state index in [1.807, 2.05) is 36.5 Å². The molecule has 120 valence electrons. The molecule has 2 unspecified atom stereocenters. The third-order valence-corrected chi connectivity index (χ3v) is 4.14. The van der Waals surface area contributed by atoms with Crippen LogP contribution in [-0.2, 0) is 6.54 Å². The molecule has 0 spiro atoms. The van der Waals surface area contributed by atoms with E-state index in [4.69, 9.17) is 0 Å². The number of aliphatic hydroxyl groups is 1. The van der Waals surface area contributed by atoms with E-state index in [1.54, 1.807) is 0 Å². The first-order valence-electron chi connectivity index (χ1n) is 8.02. The van der Waals surface area contributed by atoms with E-state index in [-0.39, 0.29) is 6.04 Å². The summed E-state index contributed by atoms with van der Waals surface area (Å²) in [5.41, 5.74) is 4.27. The Balaban J connectivity index is 1.59. The lowest BCUT2D eigenvalue weighted by atomic mass is 10.0. The Kier molecular flexibility index (Phi) is 4.74. The Morgan fingerprint density at radius 3 is 2.78 bits per heavy atom. The van der Waals surface area contributed by atoms with Crippen LogP contribution in [0.25, 0.3) is 5.65 Å². The fourth-order valence-corrected chi connectivity index (χ4v) is 2.77. The quantitative estimate of drug-likeness (QED) is 0.735. The highest BCUT2D eigenvalue weighted by molar-refractivity contribution is 5.42. The molecule has 0 saturated carbocycles. The summed E-state index contributed by atoms with van der Waals surface area (Å²) in [6.07, 6.45) is 4.20. The summed E-state index contributed by atoms with van der Waals surface area (Å²) in [4.78, 5) is 4.44. The van der Waals surface area contributed by atoms with Crippen molar-refractivity contribution in [3.63, 3.8) is 0 Å². The van der Waals surface area contributed by atoms with Crippen LogP contribution in [0, 0.1) is 6.92 Å². The minimum atomic E-state index is -0.441. The molecule has 0 saturated heterocycles. The Morgan fingerprint density at radius 1 is 1.22 bits per heavy atom. The largest absolute Gasteiger partial charge is 0.388 e. The van der Waals surface area contributed by atoms with E-state index in [2.05, 4.69) is 46.9 Å². The zero-order valence-electron chi connectivity index (χ0n) is 13.6. The summed E-state index contributed by atoms with van der Waals surface area (Å²) in [6, 6.07) is 14.2. The van der Waals surface area contributed by atoms with Crippen LogP contribution in [0.15, 0.2) is 54.9 Å². The molecule has 23 heavy (non-hydrogen) atoms. The average molecular weight is 309 g/mol. The van der Waals surface area contributed by atoms with E-state index >= 15 is 0 Å². The normalized spacial score (nSPS) is 14.0. The maximum atomic E-state index is 10.3. The van der Waals surface area contributed by atoms with Crippen LogP contribution in [0.2, 0.25) is 0 Å². The molecule has 0 amide bonds. The highest BCUT2D eigenvalue weighted by Gasteiger charge is 2.12. The van der Waals surface area contributed by atoms with Crippen molar-refractivity contribution in [3.8, 4) is 0 Å². The number of imidazole rings is 1. The van der Waals surface area contributed by atoms with Gasteiger partial charge >= 0.3 is 0 Å². The van der Waals surface area contributed by atoms with E-state index in [1.165, 1.54) is 5.56 Å². The lowest BCUT2D eigenvalue weighted by Gasteiger charge is -2.18. The fraction of sp³-hybridized carbons (Fsp3) is 0.316. The van der Waals surface area contributed by atoms with Gasteiger partial charge in [-0.15, -0.1) is 0 Å². The molecular weight excluding hydrogens is 286 g/mol. The molecular formula is C19H23N3O. The number of nitrogens with zero attached hydrogens (tertiary/aromatic N) is 2. The van der Waals surface area contributed by atoms with E-state index in [9.17, 15) is 5.11 Å². The summed E-state index contributed by atoms with van der Waals surface area (Å²) in [6.45, 7) is 4.89. The molecule has 0 aliphatic rings. The van der Waals surface area contributed by atoms with Crippen molar-refractivity contribution in [1.82, 2.24) is 14.7 Å². The van der Waals surface area contributed by atoms with Gasteiger partial charge in [0.15, 0.2) is 0 Å². The van der Waals surface area contributed by atoms with Crippen molar-refractivity contribution >= 4 is 5.65 Å². The minimum Gasteiger partial charge on any atom is -0.388 e. The predicted octanol–water partition coefficient (Wildman–Crippen LogP) is 3.24. The molecule has 3 aromatic rings. The van der Waals surface area contributed by atoms with Gasteiger partial charge in [-0.3, -0.25) is 0 Å². The smallest absolute Gasteiger partial charge is 0.137 e. The molecule has 2 N–H and O–H groups in total. The van der Waals surface area contributed by atoms with Crippen LogP contribution in [0.1, 0.15) is 36.3 Å². The number of benzene rings is 1. The van der Waals surface area contributed by atoms with Crippen LogP contribution in [0.5, 0.6) is 0 Å². The van der Waals surface area contributed by atoms with Crippen LogP contribution in [0.4, 0.5) is 0 Å². The SMILES string of the molecule is Cc1ccn2c(CNC(C)CC(O)c3ccccc3)cnc2c1. The number of nitrogens with one attached hydrogen (secondary N) is 1. The van der Waals surface area contributed by atoms with Gasteiger partial charge in [0.2, 0.25) is 0 Å². The predicted molar refractivity (Wildman–Crippen MR) is 92.2 cm³/mol. The highest BCUT2D eigenvalue weighted by Crippen LogP contribution is 2.18. The number of hydrogen-bond acceptors (Lipinski definition) is 3. The monoisotopic (exact) mass is 309 g/mol. The molecule has 2 heterocycles. The molecule has 0 aliphatic heterocycles. The van der Waals surface area contributed by atoms with Gasteiger partial charge in [0.25, 0.3) is 0 Å². The summed E-state index contributed by atoms with van der Waals surface area (Å²) >= 11 is 0. The first-order chi connectivity index (χ1) is 11.1. The fourth-order valence-electron chi connectivity index (χ4n) is 2.77. The van der Waals surface area contributed by atoms with Gasteiger partial charge in [-0.1, -0.05) is 30.3 Å². The third-order valence-electron chi connectivity index (χ3n) is 4.14. The molecule has 3 rings (SSSR count). The van der Waals surface area contributed by atoms with Gasteiger partial charge in [0.1, 0.15) is 5.65 Å². The van der Waals surface area contributed by atoms with E-state index in [0.717, 1.165) is 23.4 Å². The van der Waals surface area contributed by atoms with Gasteiger partial charge < -0.3 is 14.8 Å². The average Bonchev–Trinajstić information content (AvgIpc) is 2.95. The molecule has 0 bridgehead atoms. The number of pyridine rings is 1. The highest BCUT2D eigenvalue weighted by atomic mass is 16.3. The van der Waals surface area contributed by atoms with Crippen molar-refractivity contribution < 1.29 is 5.11 Å². The zero-order chi connectivity index (χ0) is 16.2. The van der Waals surface area contributed by atoms with Gasteiger partial charge in [-0.25, -0.2) is 4.98 Å². The topological polar surface area (TPSA) is 49.6 Å². The molecule has 0 fully saturated rings. The first-order valence-corrected chi connectivity index (χ1v) is 8.02. The molecule has 2 atom stereocenters. The van der Waals surface area contributed by atoms with Crippen molar-refractivity contribution in [1.29, 1.82) is 0 Å². The number of aliphatic hydroxyl groups excluding tert-OH is 1. The number of aryl methyl sites for hydroxylation is 1. The summed E-state index contributed by atoms with van der Waals surface area (Å²) in [5.74, 6) is 0. The van der Waals surface area contributed by atoms with E-state index in [0.29, 0.717) is 6.42 Å². The third kappa shape index (κ3) is 3.78. The van der Waals surface area contributed by atoms with Crippen LogP contribution >= 0.6 is 0 Å². The lowest BCUT2D eigenvalue weighted by molar-refractivity contribution is 0.153. The van der Waals surface area contributed by atoms with Gasteiger partial charge in [-0.05, 0) is 43.5 Å². The van der Waals surface area contributed by atoms with Crippen LogP contribution in [0.3, 0.4) is 0 Å². The lowest BCUT2D eigenvalue weighted by Crippen LogP contribution is -2.27. The standard InChI is InChI=1S/C19H23N3O/c1-14-8-9-22-17(13-21-19(22)10-14)12-20-15(2)11-18(23)16-6-4-3-5-7-16/h3-10,13,15,18,20,23H,11-12H2,1-2H3. The number of aromatic nitrogens is 2. The van der Waals surface area contributed by atoms with Crippen LogP contribution in [-0.4, -0.2) is 20.5 Å². The number of rotatable bonds is 6. The Labute approximate surface area is 136 Å². The molecule has 0 aliphatic carbocycles. The van der Waals surface area contributed by atoms with E-state index < -0.39 is 6.10 Å². The van der Waals surface area contributed by atoms with Crippen molar-refractivity contribution in [3.05, 3.63) is 71.7 Å². The maximum Gasteiger partial charge on any atom is 0.137 e. The zero-order valence-corrected chi connectivity index (χ0v) is 13.6. The van der Waals surface area contributed by atoms with Crippen molar-refractivity contribution in [2.45, 2.75) is 39.0 Å². The molecule has 2 aromatic heterocycles. The van der Waals surface area contributed by atoms with Gasteiger partial charge in [0.05, 0.1) is 18.0 Å². The number of fused-ring (bicyclic) bond motifs is 1. The Hall–Kier alpha value is -2.17. The summed E-state index contributed by atoms with van der Waals surface area (Å²) in [5, 5.41) is 13.8. The molecule has 0 radical (unpaired) electrons. The van der Waals surface area contributed by atoms with Crippen LogP contribution < -0.4 is 5.32 Å². The second-order valence-corrected chi connectivity index (χ2v) is 6.13.